The van der Waals surface area contributed by atoms with Gasteiger partial charge in [-0.1, -0.05) is 17.7 Å². The molecule has 1 rings (SSSR count). The smallest absolute Gasteiger partial charge is 1.00 e. The van der Waals surface area contributed by atoms with Crippen LogP contribution >= 0.6 is 0 Å². The van der Waals surface area contributed by atoms with Gasteiger partial charge in [-0.15, -0.1) is 0 Å². The second kappa shape index (κ2) is 4.50. The van der Waals surface area contributed by atoms with Gasteiger partial charge in [0.1, 0.15) is 0 Å². The van der Waals surface area contributed by atoms with E-state index in [1.807, 2.05) is 32.9 Å². The van der Waals surface area contributed by atoms with Crippen LogP contribution in [0.1, 0.15) is 28.5 Å². The minimum atomic E-state index is 0. The summed E-state index contributed by atoms with van der Waals surface area (Å²) in [6.45, 7) is 5.96. The summed E-state index contributed by atoms with van der Waals surface area (Å²) in [7, 11) is 0. The molecule has 0 atom stereocenters. The first kappa shape index (κ1) is 11.5. The van der Waals surface area contributed by atoms with Crippen LogP contribution in [-0.2, 0) is 0 Å². The van der Waals surface area contributed by atoms with Crippen LogP contribution in [0, 0.1) is 20.8 Å². The summed E-state index contributed by atoms with van der Waals surface area (Å²) in [5, 5.41) is 0. The second-order valence-corrected chi connectivity index (χ2v) is 2.93. The molecule has 0 N–H and O–H groups in total. The number of aryl methyl sites for hydroxylation is 3. The van der Waals surface area contributed by atoms with Crippen LogP contribution in [0.2, 0.25) is 0 Å². The van der Waals surface area contributed by atoms with Gasteiger partial charge in [0, 0.05) is 5.56 Å². The Hall–Kier alpha value is -0.513. The third-order valence-corrected chi connectivity index (χ3v) is 1.86. The monoisotopic (exact) mass is 156 g/mol. The van der Waals surface area contributed by atoms with Crippen molar-refractivity contribution in [3.8, 4) is 0 Å². The van der Waals surface area contributed by atoms with E-state index in [0.29, 0.717) is 0 Å². The van der Waals surface area contributed by atoms with Crippen LogP contribution in [0.25, 0.3) is 0 Å². The zero-order chi connectivity index (χ0) is 8.43. The summed E-state index contributed by atoms with van der Waals surface area (Å²) >= 11 is 0. The second-order valence-electron chi connectivity index (χ2n) is 2.93. The zero-order valence-electron chi connectivity index (χ0n) is 9.14. The number of carbonyl (C=O) groups is 1. The summed E-state index contributed by atoms with van der Waals surface area (Å²) in [5.41, 5.74) is 4.18. The summed E-state index contributed by atoms with van der Waals surface area (Å²) in [5.74, 6) is 0. The Morgan fingerprint density at radius 3 is 1.92 bits per heavy atom. The Morgan fingerprint density at radius 2 is 1.58 bits per heavy atom. The maximum atomic E-state index is 10.6. The van der Waals surface area contributed by atoms with E-state index in [2.05, 4.69) is 0 Å². The fourth-order valence-electron chi connectivity index (χ4n) is 1.38. The van der Waals surface area contributed by atoms with Gasteiger partial charge in [0.15, 0.2) is 6.29 Å². The molecule has 0 bridgehead atoms. The van der Waals surface area contributed by atoms with Crippen molar-refractivity contribution >= 4 is 6.29 Å². The van der Waals surface area contributed by atoms with E-state index in [0.717, 1.165) is 23.0 Å². The van der Waals surface area contributed by atoms with Gasteiger partial charge in [-0.2, -0.15) is 0 Å². The van der Waals surface area contributed by atoms with Gasteiger partial charge < -0.3 is 1.43 Å². The number of carbonyl (C=O) groups excluding carboxylic acids is 1. The minimum Gasteiger partial charge on any atom is -1.00 e. The molecule has 0 amide bonds. The van der Waals surface area contributed by atoms with Crippen molar-refractivity contribution in [2.75, 3.05) is 0 Å². The normalized spacial score (nSPS) is 8.92. The van der Waals surface area contributed by atoms with Crippen molar-refractivity contribution in [1.29, 1.82) is 0 Å². The molecule has 0 aliphatic rings. The molecule has 0 aromatic heterocycles. The van der Waals surface area contributed by atoms with Gasteiger partial charge >= 0.3 is 18.9 Å². The summed E-state index contributed by atoms with van der Waals surface area (Å²) in [4.78, 5) is 10.6. The Labute approximate surface area is 86.8 Å². The molecule has 1 nitrogen and oxygen atoms in total. The van der Waals surface area contributed by atoms with Crippen molar-refractivity contribution in [2.45, 2.75) is 20.8 Å². The van der Waals surface area contributed by atoms with Gasteiger partial charge in [-0.05, 0) is 31.9 Å². The van der Waals surface area contributed by atoms with Crippen LogP contribution in [-0.4, -0.2) is 6.29 Å². The van der Waals surface area contributed by atoms with E-state index < -0.39 is 0 Å². The van der Waals surface area contributed by atoms with Crippen LogP contribution < -0.4 is 18.9 Å². The maximum absolute atomic E-state index is 10.6. The molecular formula is C10H13LiO. The third kappa shape index (κ3) is 2.23. The number of hydrogen-bond donors (Lipinski definition) is 0. The van der Waals surface area contributed by atoms with Crippen molar-refractivity contribution in [1.82, 2.24) is 0 Å². The van der Waals surface area contributed by atoms with E-state index >= 15 is 0 Å². The summed E-state index contributed by atoms with van der Waals surface area (Å²) in [6, 6.07) is 4.05. The van der Waals surface area contributed by atoms with Gasteiger partial charge in [-0.3, -0.25) is 4.79 Å². The molecule has 1 aromatic rings. The molecule has 0 unspecified atom stereocenters. The Balaban J connectivity index is 0. The van der Waals surface area contributed by atoms with Crippen LogP contribution in [0.15, 0.2) is 12.1 Å². The summed E-state index contributed by atoms with van der Waals surface area (Å²) < 4.78 is 0. The minimum absolute atomic E-state index is 0. The molecule has 0 aliphatic heterocycles. The maximum Gasteiger partial charge on any atom is 1.00 e. The van der Waals surface area contributed by atoms with E-state index in [9.17, 15) is 4.79 Å². The van der Waals surface area contributed by atoms with Crippen molar-refractivity contribution < 1.29 is 25.1 Å². The average Bonchev–Trinajstić information content (AvgIpc) is 1.85. The fourth-order valence-corrected chi connectivity index (χ4v) is 1.38. The molecule has 0 aliphatic carbocycles. The van der Waals surface area contributed by atoms with Crippen LogP contribution in [0.4, 0.5) is 0 Å². The first-order valence-corrected chi connectivity index (χ1v) is 3.68. The molecule has 0 fully saturated rings. The van der Waals surface area contributed by atoms with E-state index in [4.69, 9.17) is 0 Å². The van der Waals surface area contributed by atoms with Crippen molar-refractivity contribution in [3.63, 3.8) is 0 Å². The van der Waals surface area contributed by atoms with E-state index in [1.165, 1.54) is 5.56 Å². The predicted molar refractivity (Wildman–Crippen MR) is 47.2 cm³/mol. The topological polar surface area (TPSA) is 17.1 Å². The number of benzene rings is 1. The molecule has 2 heteroatoms. The van der Waals surface area contributed by atoms with Crippen LogP contribution in [0.5, 0.6) is 0 Å². The van der Waals surface area contributed by atoms with Gasteiger partial charge in [0.25, 0.3) is 0 Å². The number of aldehydes is 1. The van der Waals surface area contributed by atoms with Crippen LogP contribution in [0.3, 0.4) is 0 Å². The van der Waals surface area contributed by atoms with Crippen molar-refractivity contribution in [2.24, 2.45) is 0 Å². The first-order chi connectivity index (χ1) is 5.15. The first-order valence-electron chi connectivity index (χ1n) is 3.68. The van der Waals surface area contributed by atoms with Gasteiger partial charge in [0.2, 0.25) is 0 Å². The van der Waals surface area contributed by atoms with Gasteiger partial charge in [-0.25, -0.2) is 0 Å². The number of hydrogen-bond acceptors (Lipinski definition) is 1. The molecule has 0 radical (unpaired) electrons. The molecule has 12 heavy (non-hydrogen) atoms. The van der Waals surface area contributed by atoms with Gasteiger partial charge in [0.05, 0.1) is 0 Å². The SMILES string of the molecule is Cc1cc(C)c(C=O)c(C)c1.[H-].[Li+]. The van der Waals surface area contributed by atoms with E-state index in [1.54, 1.807) is 0 Å². The zero-order valence-corrected chi connectivity index (χ0v) is 8.14. The number of rotatable bonds is 1. The Bertz CT molecular complexity index is 274. The molecule has 0 saturated heterocycles. The standard InChI is InChI=1S/C10H12O.Li.H/c1-7-4-8(2)10(6-11)9(3)5-7;;/h4-6H,1-3H3;;/q;+1;-1. The molecule has 0 spiro atoms. The predicted octanol–water partition coefficient (Wildman–Crippen LogP) is -0.459. The third-order valence-electron chi connectivity index (χ3n) is 1.86. The molecule has 1 aromatic carbocycles. The van der Waals surface area contributed by atoms with Crippen molar-refractivity contribution in [3.05, 3.63) is 34.4 Å². The Kier molecular flexibility index (Phi) is 4.31. The summed E-state index contributed by atoms with van der Waals surface area (Å²) in [6.07, 6.45) is 0.921. The largest absolute Gasteiger partial charge is 1.00 e. The quantitative estimate of drug-likeness (QED) is 0.397. The molecular weight excluding hydrogens is 143 g/mol. The Morgan fingerprint density at radius 1 is 1.17 bits per heavy atom. The molecule has 0 saturated carbocycles. The van der Waals surface area contributed by atoms with E-state index in [-0.39, 0.29) is 20.3 Å². The average molecular weight is 156 g/mol. The molecule has 60 valence electrons. The molecule has 0 heterocycles. The fraction of sp³-hybridized carbons (Fsp3) is 0.300.